The Morgan fingerprint density at radius 1 is 0.821 bits per heavy atom. The minimum atomic E-state index is -1.20. The van der Waals surface area contributed by atoms with E-state index in [1.54, 1.807) is 0 Å². The lowest BCUT2D eigenvalue weighted by Crippen LogP contribution is -2.54. The Morgan fingerprint density at radius 3 is 1.89 bits per heavy atom. The Balaban J connectivity index is 4.71. The van der Waals surface area contributed by atoms with E-state index in [2.05, 4.69) is 16.0 Å². The van der Waals surface area contributed by atoms with Crippen LogP contribution >= 0.6 is 0 Å². The van der Waals surface area contributed by atoms with E-state index < -0.39 is 41.9 Å². The summed E-state index contributed by atoms with van der Waals surface area (Å²) < 4.78 is 0. The summed E-state index contributed by atoms with van der Waals surface area (Å²) in [6, 6.07) is -1.71. The summed E-state index contributed by atoms with van der Waals surface area (Å²) in [5.41, 5.74) is 0. The molecule has 3 atom stereocenters. The van der Waals surface area contributed by atoms with Crippen molar-refractivity contribution in [3.8, 4) is 0 Å². The van der Waals surface area contributed by atoms with Crippen LogP contribution in [0.3, 0.4) is 0 Å². The molecule has 0 aliphatic heterocycles. The van der Waals surface area contributed by atoms with Crippen LogP contribution in [0, 0.1) is 11.8 Å². The number of aliphatic carboxylic acids is 1. The minimum absolute atomic E-state index is 0.0523. The molecule has 3 amide bonds. The first-order valence-electron chi connectivity index (χ1n) is 9.72. The molecule has 0 fully saturated rings. The largest absolute Gasteiger partial charge is 0.481 e. The number of carboxylic acid groups (broad SMARTS) is 1. The van der Waals surface area contributed by atoms with Gasteiger partial charge in [0.15, 0.2) is 0 Å². The molecule has 28 heavy (non-hydrogen) atoms. The Bertz CT molecular complexity index is 536. The van der Waals surface area contributed by atoms with Gasteiger partial charge >= 0.3 is 5.97 Å². The zero-order chi connectivity index (χ0) is 21.9. The number of aliphatic hydroxyl groups excluding tert-OH is 1. The van der Waals surface area contributed by atoms with Crippen LogP contribution < -0.4 is 16.0 Å². The lowest BCUT2D eigenvalue weighted by atomic mass is 10.0. The molecule has 0 aromatic heterocycles. The summed E-state index contributed by atoms with van der Waals surface area (Å²) in [5, 5.41) is 26.1. The second-order valence-corrected chi connectivity index (χ2v) is 7.85. The molecule has 0 radical (unpaired) electrons. The van der Waals surface area contributed by atoms with E-state index in [-0.39, 0.29) is 31.2 Å². The van der Waals surface area contributed by atoms with Crippen LogP contribution in [0.25, 0.3) is 0 Å². The fourth-order valence-electron chi connectivity index (χ4n) is 2.50. The highest BCUT2D eigenvalue weighted by molar-refractivity contribution is 5.92. The van der Waals surface area contributed by atoms with Gasteiger partial charge in [0.1, 0.15) is 18.2 Å². The van der Waals surface area contributed by atoms with Gasteiger partial charge in [0.25, 0.3) is 0 Å². The monoisotopic (exact) mass is 401 g/mol. The molecule has 162 valence electrons. The molecule has 9 nitrogen and oxygen atoms in total. The number of carbonyl (C=O) groups is 4. The maximum atomic E-state index is 12.4. The minimum Gasteiger partial charge on any atom is -0.481 e. The van der Waals surface area contributed by atoms with Gasteiger partial charge in [-0.25, -0.2) is 0 Å². The molecular weight excluding hydrogens is 366 g/mol. The number of aliphatic hydroxyl groups is 1. The van der Waals surface area contributed by atoms with E-state index in [0.29, 0.717) is 12.8 Å². The summed E-state index contributed by atoms with van der Waals surface area (Å²) in [7, 11) is 0. The smallest absolute Gasteiger partial charge is 0.303 e. The van der Waals surface area contributed by atoms with Gasteiger partial charge in [-0.15, -0.1) is 0 Å². The van der Waals surface area contributed by atoms with Crippen molar-refractivity contribution >= 4 is 23.7 Å². The van der Waals surface area contributed by atoms with Crippen molar-refractivity contribution in [2.24, 2.45) is 11.8 Å². The van der Waals surface area contributed by atoms with Gasteiger partial charge in [-0.2, -0.15) is 0 Å². The Labute approximate surface area is 166 Å². The second kappa shape index (κ2) is 13.1. The van der Waals surface area contributed by atoms with Crippen molar-refractivity contribution in [1.29, 1.82) is 0 Å². The normalized spacial score (nSPS) is 14.3. The average Bonchev–Trinajstić information content (AvgIpc) is 2.56. The highest BCUT2D eigenvalue weighted by atomic mass is 16.4. The Morgan fingerprint density at radius 2 is 1.39 bits per heavy atom. The number of hydrogen-bond acceptors (Lipinski definition) is 5. The van der Waals surface area contributed by atoms with Crippen LogP contribution in [0.1, 0.15) is 60.3 Å². The van der Waals surface area contributed by atoms with Crippen LogP contribution in [-0.4, -0.2) is 58.6 Å². The van der Waals surface area contributed by atoms with Gasteiger partial charge in [0.2, 0.25) is 17.7 Å². The fourth-order valence-corrected chi connectivity index (χ4v) is 2.50. The quantitative estimate of drug-likeness (QED) is 0.283. The predicted molar refractivity (Wildman–Crippen MR) is 104 cm³/mol. The molecule has 0 aromatic rings. The molecular formula is C19H35N3O6. The standard InChI is InChI=1S/C19H35N3O6/c1-11(2)9-14(18(27)20-8-6-7-16(24)25)22-17(26)13(5)21-19(28)15(23)10-12(3)4/h11-15,23H,6-10H2,1-5H3,(H,20,27)(H,21,28)(H,22,26)(H,24,25)/t13-,14+,15-/m1/s1. The molecule has 0 saturated carbocycles. The molecule has 0 aliphatic carbocycles. The highest BCUT2D eigenvalue weighted by Gasteiger charge is 2.26. The molecule has 0 saturated heterocycles. The number of amides is 3. The van der Waals surface area contributed by atoms with Crippen LogP contribution in [0.5, 0.6) is 0 Å². The van der Waals surface area contributed by atoms with Crippen molar-refractivity contribution < 1.29 is 29.4 Å². The summed E-state index contributed by atoms with van der Waals surface area (Å²) in [6.07, 6.45) is -0.270. The first-order valence-corrected chi connectivity index (χ1v) is 9.72. The average molecular weight is 402 g/mol. The van der Waals surface area contributed by atoms with Crippen LogP contribution in [0.4, 0.5) is 0 Å². The third-order valence-corrected chi connectivity index (χ3v) is 3.96. The Kier molecular flexibility index (Phi) is 12.1. The summed E-state index contributed by atoms with van der Waals surface area (Å²) in [6.45, 7) is 9.24. The maximum Gasteiger partial charge on any atom is 0.303 e. The van der Waals surface area contributed by atoms with Crippen LogP contribution in [-0.2, 0) is 19.2 Å². The van der Waals surface area contributed by atoms with Gasteiger partial charge in [0, 0.05) is 13.0 Å². The molecule has 9 heteroatoms. The van der Waals surface area contributed by atoms with Gasteiger partial charge in [0.05, 0.1) is 0 Å². The summed E-state index contributed by atoms with van der Waals surface area (Å²) >= 11 is 0. The molecule has 5 N–H and O–H groups in total. The molecule has 0 rings (SSSR count). The lowest BCUT2D eigenvalue weighted by Gasteiger charge is -2.23. The van der Waals surface area contributed by atoms with Crippen molar-refractivity contribution in [1.82, 2.24) is 16.0 Å². The van der Waals surface area contributed by atoms with Gasteiger partial charge in [-0.1, -0.05) is 27.7 Å². The number of hydrogen-bond donors (Lipinski definition) is 5. The van der Waals surface area contributed by atoms with E-state index in [1.165, 1.54) is 6.92 Å². The molecule has 0 aliphatic rings. The zero-order valence-corrected chi connectivity index (χ0v) is 17.4. The number of carbonyl (C=O) groups excluding carboxylic acids is 3. The Hall–Kier alpha value is -2.16. The molecule has 0 spiro atoms. The number of rotatable bonds is 13. The lowest BCUT2D eigenvalue weighted by molar-refractivity contribution is -0.137. The van der Waals surface area contributed by atoms with Crippen molar-refractivity contribution in [2.75, 3.05) is 6.54 Å². The maximum absolute atomic E-state index is 12.4. The topological polar surface area (TPSA) is 145 Å². The van der Waals surface area contributed by atoms with Crippen molar-refractivity contribution in [2.45, 2.75) is 78.5 Å². The summed E-state index contributed by atoms with van der Waals surface area (Å²) in [4.78, 5) is 47.2. The third kappa shape index (κ3) is 11.5. The SMILES string of the molecule is CC(C)C[C@@H](O)C(=O)N[C@H](C)C(=O)N[C@@H](CC(C)C)C(=O)NCCCC(=O)O. The van der Waals surface area contributed by atoms with Crippen molar-refractivity contribution in [3.63, 3.8) is 0 Å². The molecule has 0 unspecified atom stereocenters. The van der Waals surface area contributed by atoms with E-state index in [0.717, 1.165) is 0 Å². The third-order valence-electron chi connectivity index (χ3n) is 3.96. The van der Waals surface area contributed by atoms with Gasteiger partial charge in [-0.3, -0.25) is 19.2 Å². The second-order valence-electron chi connectivity index (χ2n) is 7.85. The highest BCUT2D eigenvalue weighted by Crippen LogP contribution is 2.07. The first kappa shape index (κ1) is 25.8. The van der Waals surface area contributed by atoms with E-state index >= 15 is 0 Å². The molecule has 0 aromatic carbocycles. The zero-order valence-electron chi connectivity index (χ0n) is 17.4. The van der Waals surface area contributed by atoms with E-state index in [9.17, 15) is 24.3 Å². The van der Waals surface area contributed by atoms with Gasteiger partial charge < -0.3 is 26.2 Å². The van der Waals surface area contributed by atoms with Crippen LogP contribution in [0.2, 0.25) is 0 Å². The number of carboxylic acids is 1. The summed E-state index contributed by atoms with van der Waals surface area (Å²) in [5.74, 6) is -2.24. The predicted octanol–water partition coefficient (Wildman–Crippen LogP) is 0.410. The van der Waals surface area contributed by atoms with E-state index in [4.69, 9.17) is 5.11 Å². The van der Waals surface area contributed by atoms with Crippen LogP contribution in [0.15, 0.2) is 0 Å². The number of nitrogens with one attached hydrogen (secondary N) is 3. The first-order chi connectivity index (χ1) is 12.9. The van der Waals surface area contributed by atoms with E-state index in [1.807, 2.05) is 27.7 Å². The molecule has 0 heterocycles. The van der Waals surface area contributed by atoms with Crippen molar-refractivity contribution in [3.05, 3.63) is 0 Å². The molecule has 0 bridgehead atoms. The fraction of sp³-hybridized carbons (Fsp3) is 0.789. The van der Waals surface area contributed by atoms with Gasteiger partial charge in [-0.05, 0) is 38.0 Å².